The molecule has 1 fully saturated rings. The van der Waals surface area contributed by atoms with Gasteiger partial charge in [0, 0.05) is 12.1 Å². The second-order valence-corrected chi connectivity index (χ2v) is 10.1. The first-order valence-corrected chi connectivity index (χ1v) is 12.7. The zero-order valence-electron chi connectivity index (χ0n) is 17.9. The smallest absolute Gasteiger partial charge is 0.251 e. The predicted molar refractivity (Wildman–Crippen MR) is 122 cm³/mol. The van der Waals surface area contributed by atoms with E-state index in [0.717, 1.165) is 24.1 Å². The van der Waals surface area contributed by atoms with Gasteiger partial charge in [-0.3, -0.25) is 9.10 Å². The molecule has 30 heavy (non-hydrogen) atoms. The molecule has 2 aromatic rings. The van der Waals surface area contributed by atoms with Crippen LogP contribution in [0.1, 0.15) is 60.5 Å². The Kier molecular flexibility index (Phi) is 7.53. The van der Waals surface area contributed by atoms with Gasteiger partial charge >= 0.3 is 0 Å². The topological polar surface area (TPSA) is 66.5 Å². The zero-order valence-corrected chi connectivity index (χ0v) is 18.7. The van der Waals surface area contributed by atoms with Gasteiger partial charge in [0.2, 0.25) is 10.0 Å². The van der Waals surface area contributed by atoms with Gasteiger partial charge in [-0.25, -0.2) is 8.42 Å². The van der Waals surface area contributed by atoms with Gasteiger partial charge in [0.1, 0.15) is 0 Å². The summed E-state index contributed by atoms with van der Waals surface area (Å²) < 4.78 is 26.4. The Morgan fingerprint density at radius 3 is 2.33 bits per heavy atom. The minimum atomic E-state index is -3.44. The first kappa shape index (κ1) is 22.3. The largest absolute Gasteiger partial charge is 0.352 e. The predicted octanol–water partition coefficient (Wildman–Crippen LogP) is 4.53. The van der Waals surface area contributed by atoms with Crippen LogP contribution in [0.25, 0.3) is 0 Å². The van der Waals surface area contributed by atoms with E-state index in [-0.39, 0.29) is 12.5 Å². The molecule has 0 bridgehead atoms. The Morgan fingerprint density at radius 1 is 1.03 bits per heavy atom. The summed E-state index contributed by atoms with van der Waals surface area (Å²) >= 11 is 0. The van der Waals surface area contributed by atoms with Crippen LogP contribution in [-0.2, 0) is 23.0 Å². The minimum Gasteiger partial charge on any atom is -0.352 e. The lowest BCUT2D eigenvalue weighted by molar-refractivity contribution is 0.0943. The Balaban J connectivity index is 1.69. The maximum absolute atomic E-state index is 12.5. The monoisotopic (exact) mass is 428 g/mol. The fourth-order valence-corrected chi connectivity index (χ4v) is 5.01. The van der Waals surface area contributed by atoms with E-state index in [2.05, 4.69) is 5.32 Å². The van der Waals surface area contributed by atoms with Gasteiger partial charge in [-0.1, -0.05) is 56.5 Å². The number of sulfonamides is 1. The standard InChI is InChI=1S/C24H32N2O3S/c1-3-21-11-7-8-12-23(21)26(30(2,28)29)18-20-13-15-22(16-14-20)24(27)25-17-19-9-5-4-6-10-19/h7-8,11-16,19H,3-6,9-10,17-18H2,1-2H3,(H,25,27). The van der Waals surface area contributed by atoms with Crippen molar-refractivity contribution in [2.24, 2.45) is 5.92 Å². The van der Waals surface area contributed by atoms with Crippen molar-refractivity contribution < 1.29 is 13.2 Å². The molecule has 1 aliphatic carbocycles. The van der Waals surface area contributed by atoms with E-state index in [9.17, 15) is 13.2 Å². The molecule has 2 aromatic carbocycles. The van der Waals surface area contributed by atoms with Crippen LogP contribution in [0, 0.1) is 5.92 Å². The number of nitrogens with zero attached hydrogens (tertiary/aromatic N) is 1. The van der Waals surface area contributed by atoms with Crippen molar-refractivity contribution >= 4 is 21.6 Å². The van der Waals surface area contributed by atoms with Crippen LogP contribution in [0.15, 0.2) is 48.5 Å². The lowest BCUT2D eigenvalue weighted by Crippen LogP contribution is -2.31. The van der Waals surface area contributed by atoms with Crippen LogP contribution in [0.2, 0.25) is 0 Å². The van der Waals surface area contributed by atoms with Crippen LogP contribution in [0.4, 0.5) is 5.69 Å². The van der Waals surface area contributed by atoms with Crippen molar-refractivity contribution in [3.05, 3.63) is 65.2 Å². The van der Waals surface area contributed by atoms with Crippen molar-refractivity contribution in [2.45, 2.75) is 52.0 Å². The third-order valence-corrected chi connectivity index (χ3v) is 6.99. The van der Waals surface area contributed by atoms with E-state index in [4.69, 9.17) is 0 Å². The number of hydrogen-bond donors (Lipinski definition) is 1. The molecule has 6 heteroatoms. The normalized spacial score (nSPS) is 15.0. The second kappa shape index (κ2) is 10.1. The number of anilines is 1. The van der Waals surface area contributed by atoms with Crippen LogP contribution in [0.5, 0.6) is 0 Å². The molecule has 1 N–H and O–H groups in total. The lowest BCUT2D eigenvalue weighted by atomic mass is 9.89. The number of carbonyl (C=O) groups excluding carboxylic acids is 1. The Hall–Kier alpha value is -2.34. The third-order valence-electron chi connectivity index (χ3n) is 5.86. The average Bonchev–Trinajstić information content (AvgIpc) is 2.76. The SMILES string of the molecule is CCc1ccccc1N(Cc1ccc(C(=O)NCC2CCCCC2)cc1)S(C)(=O)=O. The number of amides is 1. The molecule has 1 amide bonds. The number of rotatable bonds is 8. The molecule has 1 aliphatic rings. The molecule has 0 saturated heterocycles. The number of aryl methyl sites for hydroxylation is 1. The third kappa shape index (κ3) is 5.85. The quantitative estimate of drug-likeness (QED) is 0.672. The van der Waals surface area contributed by atoms with E-state index < -0.39 is 10.0 Å². The molecule has 0 atom stereocenters. The van der Waals surface area contributed by atoms with Gasteiger partial charge < -0.3 is 5.32 Å². The highest BCUT2D eigenvalue weighted by Gasteiger charge is 2.20. The number of hydrogen-bond acceptors (Lipinski definition) is 3. The summed E-state index contributed by atoms with van der Waals surface area (Å²) in [6.07, 6.45) is 8.19. The summed E-state index contributed by atoms with van der Waals surface area (Å²) in [5, 5.41) is 3.05. The summed E-state index contributed by atoms with van der Waals surface area (Å²) in [4.78, 5) is 12.5. The van der Waals surface area contributed by atoms with E-state index in [1.165, 1.54) is 42.7 Å². The first-order chi connectivity index (χ1) is 14.4. The van der Waals surface area contributed by atoms with Crippen LogP contribution >= 0.6 is 0 Å². The molecule has 162 valence electrons. The highest BCUT2D eigenvalue weighted by Crippen LogP contribution is 2.26. The fraction of sp³-hybridized carbons (Fsp3) is 0.458. The van der Waals surface area contributed by atoms with Crippen molar-refractivity contribution in [1.29, 1.82) is 0 Å². The second-order valence-electron chi connectivity index (χ2n) is 8.16. The molecule has 0 aromatic heterocycles. The average molecular weight is 429 g/mol. The number of nitrogens with one attached hydrogen (secondary N) is 1. The van der Waals surface area contributed by atoms with Gasteiger partial charge in [-0.2, -0.15) is 0 Å². The molecule has 0 heterocycles. The molecule has 5 nitrogen and oxygen atoms in total. The van der Waals surface area contributed by atoms with Gasteiger partial charge in [0.25, 0.3) is 5.91 Å². The molecular formula is C24H32N2O3S. The van der Waals surface area contributed by atoms with E-state index in [1.54, 1.807) is 12.1 Å². The van der Waals surface area contributed by atoms with Crippen LogP contribution in [0.3, 0.4) is 0 Å². The maximum atomic E-state index is 12.5. The molecule has 3 rings (SSSR count). The highest BCUT2D eigenvalue weighted by molar-refractivity contribution is 7.92. The van der Waals surface area contributed by atoms with Gasteiger partial charge in [0.15, 0.2) is 0 Å². The molecular weight excluding hydrogens is 396 g/mol. The lowest BCUT2D eigenvalue weighted by Gasteiger charge is -2.25. The summed E-state index contributed by atoms with van der Waals surface area (Å²) in [5.41, 5.74) is 3.14. The number of carbonyl (C=O) groups is 1. The molecule has 0 aliphatic heterocycles. The Labute approximate surface area is 180 Å². The molecule has 0 unspecified atom stereocenters. The van der Waals surface area contributed by atoms with E-state index in [0.29, 0.717) is 17.2 Å². The minimum absolute atomic E-state index is 0.0663. The van der Waals surface area contributed by atoms with Gasteiger partial charge in [0.05, 0.1) is 18.5 Å². The molecule has 0 radical (unpaired) electrons. The summed E-state index contributed by atoms with van der Waals surface area (Å²) in [6.45, 7) is 2.98. The van der Waals surface area contributed by atoms with Gasteiger partial charge in [-0.15, -0.1) is 0 Å². The van der Waals surface area contributed by atoms with E-state index >= 15 is 0 Å². The molecule has 1 saturated carbocycles. The number of para-hydroxylation sites is 1. The Bertz CT molecular complexity index is 949. The van der Waals surface area contributed by atoms with Crippen molar-refractivity contribution in [3.8, 4) is 0 Å². The summed E-state index contributed by atoms with van der Waals surface area (Å²) in [6, 6.07) is 14.8. The van der Waals surface area contributed by atoms with Crippen molar-refractivity contribution in [3.63, 3.8) is 0 Å². The van der Waals surface area contributed by atoms with Crippen LogP contribution in [-0.4, -0.2) is 27.1 Å². The van der Waals surface area contributed by atoms with Crippen LogP contribution < -0.4 is 9.62 Å². The maximum Gasteiger partial charge on any atom is 0.251 e. The summed E-state index contributed by atoms with van der Waals surface area (Å²) in [7, 11) is -3.44. The highest BCUT2D eigenvalue weighted by atomic mass is 32.2. The van der Waals surface area contributed by atoms with E-state index in [1.807, 2.05) is 43.3 Å². The first-order valence-electron chi connectivity index (χ1n) is 10.8. The Morgan fingerprint density at radius 2 is 1.70 bits per heavy atom. The van der Waals surface area contributed by atoms with Gasteiger partial charge in [-0.05, 0) is 54.5 Å². The van der Waals surface area contributed by atoms with Crippen molar-refractivity contribution in [2.75, 3.05) is 17.1 Å². The fourth-order valence-electron chi connectivity index (χ4n) is 4.09. The van der Waals surface area contributed by atoms with Crippen molar-refractivity contribution in [1.82, 2.24) is 5.32 Å². The summed E-state index contributed by atoms with van der Waals surface area (Å²) in [5.74, 6) is 0.521. The number of benzene rings is 2. The molecule has 0 spiro atoms. The zero-order chi connectivity index (χ0) is 21.6.